The lowest BCUT2D eigenvalue weighted by Crippen LogP contribution is -2.52. The Bertz CT molecular complexity index is 792. The van der Waals surface area contributed by atoms with E-state index in [1.165, 1.54) is 17.8 Å². The van der Waals surface area contributed by atoms with Crippen molar-refractivity contribution in [2.75, 3.05) is 33.3 Å². The molecule has 1 aliphatic heterocycles. The minimum Gasteiger partial charge on any atom is -0.495 e. The molecular formula is C20H30N2O4S. The molecule has 1 aromatic rings. The standard InChI is InChI=1S/C20H30N2O4S/c1-15-13-18(26-3)19(14-16(15)2)27(24,25)22-11-9-21(10-12-22)20(23)17-7-5-4-6-8-17/h13-14,17H,4-12H2,1-3H3. The van der Waals surface area contributed by atoms with Crippen LogP contribution in [0.4, 0.5) is 0 Å². The van der Waals surface area contributed by atoms with Crippen LogP contribution in [0.25, 0.3) is 0 Å². The van der Waals surface area contributed by atoms with Crippen molar-refractivity contribution in [2.24, 2.45) is 5.92 Å². The Kier molecular flexibility index (Phi) is 6.11. The molecule has 7 heteroatoms. The molecule has 2 fully saturated rings. The van der Waals surface area contributed by atoms with Gasteiger partial charge in [0, 0.05) is 32.1 Å². The van der Waals surface area contributed by atoms with Gasteiger partial charge < -0.3 is 9.64 Å². The molecule has 0 radical (unpaired) electrons. The normalized spacial score (nSPS) is 19.9. The van der Waals surface area contributed by atoms with Crippen LogP contribution in [-0.4, -0.2) is 56.8 Å². The molecule has 0 atom stereocenters. The Morgan fingerprint density at radius 3 is 2.19 bits per heavy atom. The second kappa shape index (κ2) is 8.19. The molecule has 1 amide bonds. The lowest BCUT2D eigenvalue weighted by Gasteiger charge is -2.36. The Hall–Kier alpha value is -1.60. The van der Waals surface area contributed by atoms with E-state index in [9.17, 15) is 13.2 Å². The molecule has 0 spiro atoms. The monoisotopic (exact) mass is 394 g/mol. The first-order valence-electron chi connectivity index (χ1n) is 9.78. The second-order valence-corrected chi connectivity index (χ2v) is 9.56. The molecular weight excluding hydrogens is 364 g/mol. The zero-order valence-electron chi connectivity index (χ0n) is 16.5. The molecule has 0 bridgehead atoms. The summed E-state index contributed by atoms with van der Waals surface area (Å²) in [7, 11) is -2.16. The van der Waals surface area contributed by atoms with Gasteiger partial charge in [0.15, 0.2) is 0 Å². The van der Waals surface area contributed by atoms with E-state index < -0.39 is 10.0 Å². The SMILES string of the molecule is COc1cc(C)c(C)cc1S(=O)(=O)N1CCN(C(=O)C2CCCCC2)CC1. The molecule has 1 saturated carbocycles. The second-order valence-electron chi connectivity index (χ2n) is 7.65. The third-order valence-electron chi connectivity index (χ3n) is 5.90. The van der Waals surface area contributed by atoms with E-state index >= 15 is 0 Å². The predicted octanol–water partition coefficient (Wildman–Crippen LogP) is 2.73. The summed E-state index contributed by atoms with van der Waals surface area (Å²) in [6.45, 7) is 5.41. The summed E-state index contributed by atoms with van der Waals surface area (Å²) in [4.78, 5) is 14.8. The maximum Gasteiger partial charge on any atom is 0.246 e. The lowest BCUT2D eigenvalue weighted by molar-refractivity contribution is -0.137. The molecule has 150 valence electrons. The molecule has 0 N–H and O–H groups in total. The molecule has 27 heavy (non-hydrogen) atoms. The topological polar surface area (TPSA) is 66.9 Å². The highest BCUT2D eigenvalue weighted by atomic mass is 32.2. The average molecular weight is 395 g/mol. The van der Waals surface area contributed by atoms with Gasteiger partial charge in [-0.3, -0.25) is 4.79 Å². The molecule has 1 aliphatic carbocycles. The summed E-state index contributed by atoms with van der Waals surface area (Å²) in [5, 5.41) is 0. The van der Waals surface area contributed by atoms with Crippen molar-refractivity contribution in [1.29, 1.82) is 0 Å². The highest BCUT2D eigenvalue weighted by Crippen LogP contribution is 2.31. The molecule has 0 unspecified atom stereocenters. The van der Waals surface area contributed by atoms with Gasteiger partial charge in [-0.2, -0.15) is 4.31 Å². The van der Waals surface area contributed by atoms with Crippen molar-refractivity contribution in [1.82, 2.24) is 9.21 Å². The van der Waals surface area contributed by atoms with Crippen LogP contribution < -0.4 is 4.74 Å². The summed E-state index contributed by atoms with van der Waals surface area (Å²) < 4.78 is 33.1. The van der Waals surface area contributed by atoms with Gasteiger partial charge in [-0.1, -0.05) is 19.3 Å². The highest BCUT2D eigenvalue weighted by Gasteiger charge is 2.34. The van der Waals surface area contributed by atoms with Crippen molar-refractivity contribution in [2.45, 2.75) is 50.8 Å². The fourth-order valence-corrected chi connectivity index (χ4v) is 5.66. The lowest BCUT2D eigenvalue weighted by atomic mass is 9.88. The fraction of sp³-hybridized carbons (Fsp3) is 0.650. The summed E-state index contributed by atoms with van der Waals surface area (Å²) in [6.07, 6.45) is 5.40. The molecule has 1 heterocycles. The number of nitrogens with zero attached hydrogens (tertiary/aromatic N) is 2. The van der Waals surface area contributed by atoms with Gasteiger partial charge in [-0.25, -0.2) is 8.42 Å². The Morgan fingerprint density at radius 2 is 1.59 bits per heavy atom. The van der Waals surface area contributed by atoms with E-state index in [4.69, 9.17) is 4.74 Å². The van der Waals surface area contributed by atoms with Gasteiger partial charge in [0.25, 0.3) is 0 Å². The smallest absolute Gasteiger partial charge is 0.246 e. The van der Waals surface area contributed by atoms with Gasteiger partial charge in [0.2, 0.25) is 15.9 Å². The average Bonchev–Trinajstić information content (AvgIpc) is 2.69. The van der Waals surface area contributed by atoms with Crippen LogP contribution in [0.5, 0.6) is 5.75 Å². The maximum absolute atomic E-state index is 13.2. The number of amides is 1. The van der Waals surface area contributed by atoms with Crippen LogP contribution in [0.2, 0.25) is 0 Å². The highest BCUT2D eigenvalue weighted by molar-refractivity contribution is 7.89. The summed E-state index contributed by atoms with van der Waals surface area (Å²) >= 11 is 0. The number of carbonyl (C=O) groups is 1. The number of rotatable bonds is 4. The molecule has 3 rings (SSSR count). The van der Waals surface area contributed by atoms with E-state index in [-0.39, 0.29) is 16.7 Å². The number of piperazine rings is 1. The van der Waals surface area contributed by atoms with Crippen molar-refractivity contribution in [3.05, 3.63) is 23.3 Å². The molecule has 6 nitrogen and oxygen atoms in total. The van der Waals surface area contributed by atoms with E-state index in [2.05, 4.69) is 0 Å². The number of hydrogen-bond acceptors (Lipinski definition) is 4. The molecule has 2 aliphatic rings. The van der Waals surface area contributed by atoms with Crippen LogP contribution in [-0.2, 0) is 14.8 Å². The minimum absolute atomic E-state index is 0.127. The van der Waals surface area contributed by atoms with Crippen LogP contribution in [0.3, 0.4) is 0 Å². The van der Waals surface area contributed by atoms with E-state index in [1.807, 2.05) is 18.7 Å². The van der Waals surface area contributed by atoms with Crippen molar-refractivity contribution in [3.8, 4) is 5.75 Å². The van der Waals surface area contributed by atoms with Gasteiger partial charge in [0.1, 0.15) is 10.6 Å². The summed E-state index contributed by atoms with van der Waals surface area (Å²) in [5.41, 5.74) is 1.91. The number of benzene rings is 1. The van der Waals surface area contributed by atoms with Gasteiger partial charge >= 0.3 is 0 Å². The Balaban J connectivity index is 1.71. The maximum atomic E-state index is 13.2. The third kappa shape index (κ3) is 4.14. The predicted molar refractivity (Wildman–Crippen MR) is 104 cm³/mol. The molecule has 1 saturated heterocycles. The van der Waals surface area contributed by atoms with E-state index in [0.29, 0.717) is 31.9 Å². The fourth-order valence-electron chi connectivity index (χ4n) is 4.02. The van der Waals surface area contributed by atoms with Crippen LogP contribution in [0.1, 0.15) is 43.2 Å². The first-order valence-corrected chi connectivity index (χ1v) is 11.2. The molecule has 0 aromatic heterocycles. The largest absolute Gasteiger partial charge is 0.495 e. The van der Waals surface area contributed by atoms with Gasteiger partial charge in [-0.15, -0.1) is 0 Å². The summed E-state index contributed by atoms with van der Waals surface area (Å²) in [5.74, 6) is 0.705. The van der Waals surface area contributed by atoms with Crippen LogP contribution in [0, 0.1) is 19.8 Å². The summed E-state index contributed by atoms with van der Waals surface area (Å²) in [6, 6.07) is 3.45. The number of sulfonamides is 1. The quantitative estimate of drug-likeness (QED) is 0.788. The number of carbonyl (C=O) groups excluding carboxylic acids is 1. The van der Waals surface area contributed by atoms with Gasteiger partial charge in [-0.05, 0) is 49.9 Å². The number of methoxy groups -OCH3 is 1. The molecule has 1 aromatic carbocycles. The van der Waals surface area contributed by atoms with Crippen LogP contribution >= 0.6 is 0 Å². The third-order valence-corrected chi connectivity index (χ3v) is 7.82. The minimum atomic E-state index is -3.65. The van der Waals surface area contributed by atoms with Crippen molar-refractivity contribution >= 4 is 15.9 Å². The van der Waals surface area contributed by atoms with E-state index in [1.54, 1.807) is 12.1 Å². The van der Waals surface area contributed by atoms with Crippen molar-refractivity contribution < 1.29 is 17.9 Å². The first-order chi connectivity index (χ1) is 12.8. The van der Waals surface area contributed by atoms with Crippen molar-refractivity contribution in [3.63, 3.8) is 0 Å². The zero-order chi connectivity index (χ0) is 19.6. The van der Waals surface area contributed by atoms with E-state index in [0.717, 1.165) is 36.8 Å². The first kappa shape index (κ1) is 20.1. The Morgan fingerprint density at radius 1 is 1.00 bits per heavy atom. The number of ether oxygens (including phenoxy) is 1. The Labute approximate surface area is 162 Å². The van der Waals surface area contributed by atoms with Gasteiger partial charge in [0.05, 0.1) is 7.11 Å². The van der Waals surface area contributed by atoms with Crippen LogP contribution in [0.15, 0.2) is 17.0 Å². The zero-order valence-corrected chi connectivity index (χ0v) is 17.3. The number of hydrogen-bond donors (Lipinski definition) is 0. The number of aryl methyl sites for hydroxylation is 2.